The molecule has 0 aromatic rings. The SMILES string of the molecule is C/C(=C/C=C/C(C)C)CO. The molecule has 0 aliphatic carbocycles. The summed E-state index contributed by atoms with van der Waals surface area (Å²) in [6.07, 6.45) is 6.01. The van der Waals surface area contributed by atoms with E-state index in [2.05, 4.69) is 19.9 Å². The van der Waals surface area contributed by atoms with Crippen molar-refractivity contribution in [1.82, 2.24) is 0 Å². The molecular formula is C9H16O. The van der Waals surface area contributed by atoms with Crippen LogP contribution in [0.15, 0.2) is 23.8 Å². The van der Waals surface area contributed by atoms with Crippen LogP contribution in [0.3, 0.4) is 0 Å². The first kappa shape index (κ1) is 9.44. The fraction of sp³-hybridized carbons (Fsp3) is 0.556. The molecule has 0 aliphatic heterocycles. The van der Waals surface area contributed by atoms with Gasteiger partial charge in [0, 0.05) is 0 Å². The summed E-state index contributed by atoms with van der Waals surface area (Å²) in [7, 11) is 0. The molecule has 0 aromatic carbocycles. The Kier molecular flexibility index (Phi) is 4.95. The van der Waals surface area contributed by atoms with Gasteiger partial charge in [0.1, 0.15) is 0 Å². The van der Waals surface area contributed by atoms with E-state index >= 15 is 0 Å². The van der Waals surface area contributed by atoms with Crippen LogP contribution >= 0.6 is 0 Å². The molecule has 0 fully saturated rings. The van der Waals surface area contributed by atoms with Crippen molar-refractivity contribution < 1.29 is 5.11 Å². The molecule has 0 heterocycles. The minimum Gasteiger partial charge on any atom is -0.392 e. The van der Waals surface area contributed by atoms with Gasteiger partial charge in [-0.25, -0.2) is 0 Å². The van der Waals surface area contributed by atoms with Crippen LogP contribution in [0.1, 0.15) is 20.8 Å². The summed E-state index contributed by atoms with van der Waals surface area (Å²) >= 11 is 0. The lowest BCUT2D eigenvalue weighted by Crippen LogP contribution is -1.82. The molecule has 0 aromatic heterocycles. The van der Waals surface area contributed by atoms with Crippen LogP contribution < -0.4 is 0 Å². The zero-order valence-corrected chi connectivity index (χ0v) is 6.96. The highest BCUT2D eigenvalue weighted by Gasteiger charge is 1.82. The molecule has 0 bridgehead atoms. The fourth-order valence-electron chi connectivity index (χ4n) is 0.495. The molecule has 0 aliphatic rings. The van der Waals surface area contributed by atoms with Crippen molar-refractivity contribution in [2.45, 2.75) is 20.8 Å². The van der Waals surface area contributed by atoms with Crippen LogP contribution in [0.2, 0.25) is 0 Å². The minimum absolute atomic E-state index is 0.155. The van der Waals surface area contributed by atoms with Crippen molar-refractivity contribution in [3.05, 3.63) is 23.8 Å². The molecule has 0 radical (unpaired) electrons. The van der Waals surface area contributed by atoms with Crippen LogP contribution in [0.5, 0.6) is 0 Å². The van der Waals surface area contributed by atoms with Crippen molar-refractivity contribution in [3.63, 3.8) is 0 Å². The van der Waals surface area contributed by atoms with E-state index in [1.54, 1.807) is 0 Å². The lowest BCUT2D eigenvalue weighted by molar-refractivity contribution is 0.331. The van der Waals surface area contributed by atoms with Crippen LogP contribution in [0.4, 0.5) is 0 Å². The van der Waals surface area contributed by atoms with E-state index in [9.17, 15) is 0 Å². The molecule has 0 rings (SSSR count). The third kappa shape index (κ3) is 5.57. The highest BCUT2D eigenvalue weighted by atomic mass is 16.3. The Morgan fingerprint density at radius 1 is 1.50 bits per heavy atom. The van der Waals surface area contributed by atoms with Gasteiger partial charge in [0.25, 0.3) is 0 Å². The molecule has 1 heteroatoms. The van der Waals surface area contributed by atoms with Crippen molar-refractivity contribution in [2.24, 2.45) is 5.92 Å². The molecule has 0 saturated carbocycles. The smallest absolute Gasteiger partial charge is 0.0642 e. The molecule has 58 valence electrons. The normalized spacial score (nSPS) is 13.5. The Balaban J connectivity index is 3.70. The van der Waals surface area contributed by atoms with E-state index < -0.39 is 0 Å². The van der Waals surface area contributed by atoms with Gasteiger partial charge in [-0.15, -0.1) is 0 Å². The molecule has 0 unspecified atom stereocenters. The molecule has 0 saturated heterocycles. The molecule has 1 nitrogen and oxygen atoms in total. The van der Waals surface area contributed by atoms with Crippen LogP contribution in [-0.2, 0) is 0 Å². The maximum absolute atomic E-state index is 8.60. The molecule has 0 atom stereocenters. The first-order chi connectivity index (χ1) is 4.66. The van der Waals surface area contributed by atoms with Crippen molar-refractivity contribution >= 4 is 0 Å². The van der Waals surface area contributed by atoms with E-state index in [1.807, 2.05) is 19.1 Å². The predicted octanol–water partition coefficient (Wildman–Crippen LogP) is 2.14. The van der Waals surface area contributed by atoms with E-state index in [0.29, 0.717) is 5.92 Å². The summed E-state index contributed by atoms with van der Waals surface area (Å²) in [5.74, 6) is 0.586. The molecule has 0 amide bonds. The van der Waals surface area contributed by atoms with Gasteiger partial charge in [0.15, 0.2) is 0 Å². The Morgan fingerprint density at radius 3 is 2.50 bits per heavy atom. The zero-order valence-electron chi connectivity index (χ0n) is 6.96. The monoisotopic (exact) mass is 140 g/mol. The maximum atomic E-state index is 8.60. The fourth-order valence-corrected chi connectivity index (χ4v) is 0.495. The highest BCUT2D eigenvalue weighted by Crippen LogP contribution is 1.96. The van der Waals surface area contributed by atoms with Crippen LogP contribution in [-0.4, -0.2) is 11.7 Å². The van der Waals surface area contributed by atoms with E-state index in [0.717, 1.165) is 5.57 Å². The quantitative estimate of drug-likeness (QED) is 0.595. The molecule has 0 spiro atoms. The summed E-state index contributed by atoms with van der Waals surface area (Å²) in [4.78, 5) is 0. The topological polar surface area (TPSA) is 20.2 Å². The predicted molar refractivity (Wildman–Crippen MR) is 44.8 cm³/mol. The molecular weight excluding hydrogens is 124 g/mol. The Bertz CT molecular complexity index is 132. The summed E-state index contributed by atoms with van der Waals surface area (Å²) in [6.45, 7) is 6.31. The van der Waals surface area contributed by atoms with E-state index in [4.69, 9.17) is 5.11 Å². The van der Waals surface area contributed by atoms with Crippen LogP contribution in [0, 0.1) is 5.92 Å². The Hall–Kier alpha value is -0.560. The second-order valence-electron chi connectivity index (χ2n) is 2.80. The second-order valence-corrected chi connectivity index (χ2v) is 2.80. The third-order valence-electron chi connectivity index (χ3n) is 1.13. The number of allylic oxidation sites excluding steroid dienone is 3. The first-order valence-corrected chi connectivity index (χ1v) is 3.61. The van der Waals surface area contributed by atoms with Gasteiger partial charge in [0.05, 0.1) is 6.61 Å². The van der Waals surface area contributed by atoms with Gasteiger partial charge in [-0.2, -0.15) is 0 Å². The lowest BCUT2D eigenvalue weighted by Gasteiger charge is -1.91. The van der Waals surface area contributed by atoms with Crippen molar-refractivity contribution in [3.8, 4) is 0 Å². The molecule has 10 heavy (non-hydrogen) atoms. The Morgan fingerprint density at radius 2 is 2.10 bits per heavy atom. The standard InChI is InChI=1S/C9H16O/c1-8(2)5-4-6-9(3)7-10/h4-6,8,10H,7H2,1-3H3/b5-4+,9-6-. The van der Waals surface area contributed by atoms with Gasteiger partial charge in [0.2, 0.25) is 0 Å². The largest absolute Gasteiger partial charge is 0.392 e. The summed E-state index contributed by atoms with van der Waals surface area (Å²) in [6, 6.07) is 0. The van der Waals surface area contributed by atoms with E-state index in [1.165, 1.54) is 0 Å². The number of hydrogen-bond donors (Lipinski definition) is 1. The van der Waals surface area contributed by atoms with Crippen LogP contribution in [0.25, 0.3) is 0 Å². The number of rotatable bonds is 3. The van der Waals surface area contributed by atoms with Crippen molar-refractivity contribution in [1.29, 1.82) is 0 Å². The Labute approximate surface area is 63.1 Å². The zero-order chi connectivity index (χ0) is 7.98. The van der Waals surface area contributed by atoms with Crippen molar-refractivity contribution in [2.75, 3.05) is 6.61 Å². The van der Waals surface area contributed by atoms with Gasteiger partial charge in [-0.3, -0.25) is 0 Å². The maximum Gasteiger partial charge on any atom is 0.0642 e. The van der Waals surface area contributed by atoms with Gasteiger partial charge in [-0.1, -0.05) is 32.1 Å². The third-order valence-corrected chi connectivity index (χ3v) is 1.13. The van der Waals surface area contributed by atoms with Gasteiger partial charge < -0.3 is 5.11 Å². The average Bonchev–Trinajstić information content (AvgIpc) is 1.87. The summed E-state index contributed by atoms with van der Waals surface area (Å²) in [5, 5.41) is 8.60. The number of aliphatic hydroxyl groups is 1. The van der Waals surface area contributed by atoms with Gasteiger partial charge in [-0.05, 0) is 18.4 Å². The lowest BCUT2D eigenvalue weighted by atomic mass is 10.2. The number of aliphatic hydroxyl groups excluding tert-OH is 1. The highest BCUT2D eigenvalue weighted by molar-refractivity contribution is 5.10. The summed E-state index contributed by atoms with van der Waals surface area (Å²) < 4.78 is 0. The average molecular weight is 140 g/mol. The minimum atomic E-state index is 0.155. The molecule has 1 N–H and O–H groups in total. The first-order valence-electron chi connectivity index (χ1n) is 3.61. The van der Waals surface area contributed by atoms with Gasteiger partial charge >= 0.3 is 0 Å². The summed E-state index contributed by atoms with van der Waals surface area (Å²) in [5.41, 5.74) is 0.997. The van der Waals surface area contributed by atoms with E-state index in [-0.39, 0.29) is 6.61 Å². The second kappa shape index (κ2) is 5.24. The number of hydrogen-bond acceptors (Lipinski definition) is 1.